The van der Waals surface area contributed by atoms with E-state index in [0.29, 0.717) is 15.8 Å². The lowest BCUT2D eigenvalue weighted by atomic mass is 9.92. The van der Waals surface area contributed by atoms with Crippen LogP contribution in [-0.4, -0.2) is 23.3 Å². The van der Waals surface area contributed by atoms with Crippen LogP contribution < -0.4 is 0 Å². The van der Waals surface area contributed by atoms with Crippen molar-refractivity contribution in [2.45, 2.75) is 37.4 Å². The molecule has 0 radical (unpaired) electrons. The maximum Gasteiger partial charge on any atom is 0.338 e. The molecule has 0 amide bonds. The first-order chi connectivity index (χ1) is 18.0. The molecule has 0 spiro atoms. The van der Waals surface area contributed by atoms with Gasteiger partial charge < -0.3 is 4.74 Å². The Hall–Kier alpha value is -3.08. The SMILES string of the molecule is COC(=O)c1c(CCCC(S)C2CC2)cccc1-c1cccc(C=Cc2ccc3ccc(Cl)cc3n2)c1. The number of carbonyl (C=O) groups excluding carboxylic acids is 1. The largest absolute Gasteiger partial charge is 0.465 e. The smallest absolute Gasteiger partial charge is 0.338 e. The molecule has 0 saturated heterocycles. The highest BCUT2D eigenvalue weighted by Gasteiger charge is 2.28. The number of rotatable bonds is 9. The fraction of sp³-hybridized carbons (Fsp3) is 0.250. The normalized spacial score (nSPS) is 14.2. The molecular weight excluding hydrogens is 498 g/mol. The number of ether oxygens (including phenoxy) is 1. The predicted octanol–water partition coefficient (Wildman–Crippen LogP) is 8.54. The number of nitrogens with zero attached hydrogens (tertiary/aromatic N) is 1. The van der Waals surface area contributed by atoms with Crippen LogP contribution in [0, 0.1) is 5.92 Å². The van der Waals surface area contributed by atoms with Gasteiger partial charge >= 0.3 is 5.97 Å². The van der Waals surface area contributed by atoms with Crippen molar-refractivity contribution in [1.29, 1.82) is 0 Å². The summed E-state index contributed by atoms with van der Waals surface area (Å²) in [5, 5.41) is 2.18. The van der Waals surface area contributed by atoms with Crippen molar-refractivity contribution in [3.8, 4) is 11.1 Å². The zero-order chi connectivity index (χ0) is 25.8. The van der Waals surface area contributed by atoms with Gasteiger partial charge in [0.05, 0.1) is 23.9 Å². The standard InChI is InChI=1S/C32H30ClNO2S/c1-36-32(35)31-24(7-4-10-30(37)23-12-13-23)6-3-9-28(31)25-8-2-5-21(19-25)11-17-27-18-15-22-14-16-26(33)20-29(22)34-27/h2-3,5-6,8-9,11,14-20,23,30,37H,4,7,10,12-13H2,1H3. The zero-order valence-corrected chi connectivity index (χ0v) is 22.5. The highest BCUT2D eigenvalue weighted by Crippen LogP contribution is 2.38. The van der Waals surface area contributed by atoms with Crippen molar-refractivity contribution in [3.63, 3.8) is 0 Å². The molecule has 1 saturated carbocycles. The second-order valence-corrected chi connectivity index (χ2v) is 10.8. The number of methoxy groups -OCH3 is 1. The van der Waals surface area contributed by atoms with Crippen LogP contribution >= 0.6 is 24.2 Å². The third-order valence-electron chi connectivity index (χ3n) is 6.97. The van der Waals surface area contributed by atoms with Gasteiger partial charge in [-0.25, -0.2) is 9.78 Å². The Morgan fingerprint density at radius 3 is 2.70 bits per heavy atom. The molecule has 1 aromatic heterocycles. The summed E-state index contributed by atoms with van der Waals surface area (Å²) in [6.07, 6.45) is 9.53. The van der Waals surface area contributed by atoms with E-state index in [9.17, 15) is 4.79 Å². The Kier molecular flexibility index (Phi) is 7.97. The van der Waals surface area contributed by atoms with Crippen LogP contribution in [0.25, 0.3) is 34.2 Å². The minimum atomic E-state index is -0.296. The number of fused-ring (bicyclic) bond motifs is 1. The lowest BCUT2D eigenvalue weighted by molar-refractivity contribution is 0.0600. The molecule has 1 aliphatic carbocycles. The van der Waals surface area contributed by atoms with Crippen LogP contribution in [0.3, 0.4) is 0 Å². The fourth-order valence-electron chi connectivity index (χ4n) is 4.80. The molecule has 37 heavy (non-hydrogen) atoms. The maximum atomic E-state index is 12.9. The molecule has 0 N–H and O–H groups in total. The van der Waals surface area contributed by atoms with E-state index < -0.39 is 0 Å². The first-order valence-corrected chi connectivity index (χ1v) is 13.6. The number of thiol groups is 1. The number of halogens is 1. The molecule has 1 heterocycles. The van der Waals surface area contributed by atoms with Gasteiger partial charge in [0, 0.05) is 15.7 Å². The summed E-state index contributed by atoms with van der Waals surface area (Å²) in [5.41, 5.74) is 6.29. The maximum absolute atomic E-state index is 12.9. The van der Waals surface area contributed by atoms with E-state index in [2.05, 4.69) is 6.07 Å². The Morgan fingerprint density at radius 1 is 1.08 bits per heavy atom. The van der Waals surface area contributed by atoms with Gasteiger partial charge in [-0.1, -0.05) is 66.2 Å². The van der Waals surface area contributed by atoms with E-state index in [-0.39, 0.29) is 5.97 Å². The summed E-state index contributed by atoms with van der Waals surface area (Å²) in [6, 6.07) is 24.0. The topological polar surface area (TPSA) is 39.2 Å². The Morgan fingerprint density at radius 2 is 1.89 bits per heavy atom. The van der Waals surface area contributed by atoms with Crippen LogP contribution in [0.2, 0.25) is 5.02 Å². The van der Waals surface area contributed by atoms with Gasteiger partial charge in [0.25, 0.3) is 0 Å². The first-order valence-electron chi connectivity index (χ1n) is 12.7. The highest BCUT2D eigenvalue weighted by molar-refractivity contribution is 7.81. The summed E-state index contributed by atoms with van der Waals surface area (Å²) >= 11 is 10.9. The summed E-state index contributed by atoms with van der Waals surface area (Å²) < 4.78 is 5.21. The third-order valence-corrected chi connectivity index (χ3v) is 7.89. The van der Waals surface area contributed by atoms with Crippen molar-refractivity contribution >= 4 is 53.3 Å². The van der Waals surface area contributed by atoms with E-state index in [1.165, 1.54) is 20.0 Å². The second kappa shape index (κ2) is 11.5. The Bertz CT molecular complexity index is 1460. The Balaban J connectivity index is 1.40. The van der Waals surface area contributed by atoms with E-state index >= 15 is 0 Å². The monoisotopic (exact) mass is 527 g/mol. The molecule has 4 aromatic rings. The average Bonchev–Trinajstić information content (AvgIpc) is 3.77. The van der Waals surface area contributed by atoms with Crippen LogP contribution in [-0.2, 0) is 11.2 Å². The lowest BCUT2D eigenvalue weighted by Crippen LogP contribution is -2.09. The lowest BCUT2D eigenvalue weighted by Gasteiger charge is -2.15. The van der Waals surface area contributed by atoms with Crippen LogP contribution in [0.15, 0.2) is 72.8 Å². The van der Waals surface area contributed by atoms with E-state index in [1.54, 1.807) is 0 Å². The molecular formula is C32H30ClNO2S. The number of benzene rings is 3. The van der Waals surface area contributed by atoms with Gasteiger partial charge in [0.2, 0.25) is 0 Å². The van der Waals surface area contributed by atoms with Gasteiger partial charge in [-0.15, -0.1) is 0 Å². The predicted molar refractivity (Wildman–Crippen MR) is 157 cm³/mol. The molecule has 0 bridgehead atoms. The summed E-state index contributed by atoms with van der Waals surface area (Å²) in [6.45, 7) is 0. The van der Waals surface area contributed by atoms with E-state index in [0.717, 1.165) is 64.0 Å². The van der Waals surface area contributed by atoms with Gasteiger partial charge in [-0.05, 0) is 90.6 Å². The van der Waals surface area contributed by atoms with Crippen LogP contribution in [0.1, 0.15) is 52.9 Å². The third kappa shape index (κ3) is 6.26. The molecule has 3 aromatic carbocycles. The highest BCUT2D eigenvalue weighted by atomic mass is 35.5. The van der Waals surface area contributed by atoms with E-state index in [4.69, 9.17) is 34.0 Å². The van der Waals surface area contributed by atoms with E-state index in [1.807, 2.05) is 78.9 Å². The van der Waals surface area contributed by atoms with Gasteiger partial charge in [0.15, 0.2) is 0 Å². The molecule has 5 rings (SSSR count). The minimum absolute atomic E-state index is 0.296. The quantitative estimate of drug-likeness (QED) is 0.175. The minimum Gasteiger partial charge on any atom is -0.465 e. The van der Waals surface area contributed by atoms with Crippen molar-refractivity contribution < 1.29 is 9.53 Å². The van der Waals surface area contributed by atoms with Crippen molar-refractivity contribution in [2.24, 2.45) is 5.92 Å². The molecule has 1 fully saturated rings. The number of aryl methyl sites for hydroxylation is 1. The van der Waals surface area contributed by atoms with Crippen molar-refractivity contribution in [3.05, 3.63) is 100 Å². The summed E-state index contributed by atoms with van der Waals surface area (Å²) in [5.74, 6) is 0.475. The zero-order valence-electron chi connectivity index (χ0n) is 20.9. The Labute approximate surface area is 228 Å². The van der Waals surface area contributed by atoms with Crippen molar-refractivity contribution in [2.75, 3.05) is 7.11 Å². The van der Waals surface area contributed by atoms with Crippen molar-refractivity contribution in [1.82, 2.24) is 4.98 Å². The molecule has 1 unspecified atom stereocenters. The summed E-state index contributed by atoms with van der Waals surface area (Å²) in [4.78, 5) is 17.6. The molecule has 1 atom stereocenters. The number of hydrogen-bond acceptors (Lipinski definition) is 4. The van der Waals surface area contributed by atoms with Crippen LogP contribution in [0.4, 0.5) is 0 Å². The number of pyridine rings is 1. The first kappa shape index (κ1) is 25.6. The number of carbonyl (C=O) groups is 1. The molecule has 1 aliphatic rings. The molecule has 5 heteroatoms. The van der Waals surface area contributed by atoms with Gasteiger partial charge in [0.1, 0.15) is 0 Å². The summed E-state index contributed by atoms with van der Waals surface area (Å²) in [7, 11) is 1.45. The van der Waals surface area contributed by atoms with Gasteiger partial charge in [-0.2, -0.15) is 12.6 Å². The second-order valence-electron chi connectivity index (χ2n) is 9.66. The van der Waals surface area contributed by atoms with Gasteiger partial charge in [-0.3, -0.25) is 0 Å². The average molecular weight is 528 g/mol. The number of aromatic nitrogens is 1. The molecule has 3 nitrogen and oxygen atoms in total. The fourth-order valence-corrected chi connectivity index (χ4v) is 5.45. The molecule has 0 aliphatic heterocycles. The van der Waals surface area contributed by atoms with Crippen LogP contribution in [0.5, 0.6) is 0 Å². The number of esters is 1. The molecule has 188 valence electrons. The number of hydrogen-bond donors (Lipinski definition) is 1.